The van der Waals surface area contributed by atoms with E-state index in [1.807, 2.05) is 11.3 Å². The Morgan fingerprint density at radius 1 is 1.19 bits per heavy atom. The van der Waals surface area contributed by atoms with Gasteiger partial charge in [0.15, 0.2) is 0 Å². The summed E-state index contributed by atoms with van der Waals surface area (Å²) in [6, 6.07) is 8.93. The summed E-state index contributed by atoms with van der Waals surface area (Å²) in [6.07, 6.45) is 4.70. The first-order valence-corrected chi connectivity index (χ1v) is 10.6. The molecule has 27 heavy (non-hydrogen) atoms. The number of hydrogen-bond donors (Lipinski definition) is 2. The van der Waals surface area contributed by atoms with Gasteiger partial charge in [-0.15, -0.1) is 23.7 Å². The predicted octanol–water partition coefficient (Wildman–Crippen LogP) is 5.36. The van der Waals surface area contributed by atoms with Gasteiger partial charge in [0.05, 0.1) is 0 Å². The zero-order chi connectivity index (χ0) is 18.5. The third-order valence-electron chi connectivity index (χ3n) is 5.32. The Bertz CT molecular complexity index is 675. The number of aryl methyl sites for hydroxylation is 3. The van der Waals surface area contributed by atoms with Crippen molar-refractivity contribution in [1.82, 2.24) is 5.32 Å². The molecule has 3 rings (SSSR count). The van der Waals surface area contributed by atoms with E-state index in [1.165, 1.54) is 36.1 Å². The van der Waals surface area contributed by atoms with E-state index in [0.717, 1.165) is 16.9 Å². The molecule has 2 aromatic rings. The van der Waals surface area contributed by atoms with Gasteiger partial charge >= 0.3 is 0 Å². The lowest BCUT2D eigenvalue weighted by Crippen LogP contribution is -2.36. The molecule has 1 aromatic heterocycles. The number of aliphatic hydroxyl groups excluding tert-OH is 1. The molecule has 1 heterocycles. The summed E-state index contributed by atoms with van der Waals surface area (Å²) in [6.45, 7) is 7.10. The monoisotopic (exact) mass is 409 g/mol. The van der Waals surface area contributed by atoms with E-state index in [0.29, 0.717) is 25.1 Å². The Morgan fingerprint density at radius 2 is 1.85 bits per heavy atom. The molecule has 1 aromatic carbocycles. The smallest absolute Gasteiger partial charge is 0.125 e. The first-order chi connectivity index (χ1) is 12.5. The van der Waals surface area contributed by atoms with Gasteiger partial charge in [0.25, 0.3) is 0 Å². The summed E-state index contributed by atoms with van der Waals surface area (Å²) >= 11 is 1.81. The number of rotatable bonds is 8. The largest absolute Gasteiger partial charge is 0.490 e. The van der Waals surface area contributed by atoms with Crippen molar-refractivity contribution in [2.45, 2.75) is 58.6 Å². The van der Waals surface area contributed by atoms with E-state index in [9.17, 15) is 5.11 Å². The summed E-state index contributed by atoms with van der Waals surface area (Å²) in [4.78, 5) is 1.38. The van der Waals surface area contributed by atoms with E-state index >= 15 is 0 Å². The van der Waals surface area contributed by atoms with Crippen LogP contribution in [-0.4, -0.2) is 24.4 Å². The van der Waals surface area contributed by atoms with Crippen molar-refractivity contribution in [3.63, 3.8) is 0 Å². The summed E-state index contributed by atoms with van der Waals surface area (Å²) in [5.41, 5.74) is 3.50. The Hall–Kier alpha value is -1.07. The van der Waals surface area contributed by atoms with Crippen LogP contribution in [0.3, 0.4) is 0 Å². The Labute approximate surface area is 173 Å². The zero-order valence-corrected chi connectivity index (χ0v) is 18.2. The highest BCUT2D eigenvalue weighted by molar-refractivity contribution is 7.10. The molecule has 0 bridgehead atoms. The molecule has 3 nitrogen and oxygen atoms in total. The van der Waals surface area contributed by atoms with E-state index in [4.69, 9.17) is 4.74 Å². The lowest BCUT2D eigenvalue weighted by molar-refractivity contribution is 0.100. The molecule has 5 heteroatoms. The van der Waals surface area contributed by atoms with Gasteiger partial charge in [-0.25, -0.2) is 0 Å². The predicted molar refractivity (Wildman–Crippen MR) is 116 cm³/mol. The molecule has 150 valence electrons. The SMILES string of the molecule is Cc1cc(C)c(OCC(O)CNC(c2cccs2)C2CCCC2)c(C)c1.Cl. The van der Waals surface area contributed by atoms with Crippen molar-refractivity contribution in [2.24, 2.45) is 5.92 Å². The van der Waals surface area contributed by atoms with Crippen LogP contribution in [0, 0.1) is 26.7 Å². The van der Waals surface area contributed by atoms with Crippen LogP contribution >= 0.6 is 23.7 Å². The fourth-order valence-corrected chi connectivity index (χ4v) is 5.05. The lowest BCUT2D eigenvalue weighted by Gasteiger charge is -2.25. The summed E-state index contributed by atoms with van der Waals surface area (Å²) in [5, 5.41) is 16.2. The maximum absolute atomic E-state index is 10.5. The fraction of sp³-hybridized carbons (Fsp3) is 0.545. The zero-order valence-electron chi connectivity index (χ0n) is 16.5. The van der Waals surface area contributed by atoms with Crippen LogP contribution in [0.25, 0.3) is 0 Å². The number of benzene rings is 1. The average molecular weight is 410 g/mol. The van der Waals surface area contributed by atoms with Crippen molar-refractivity contribution < 1.29 is 9.84 Å². The maximum Gasteiger partial charge on any atom is 0.125 e. The van der Waals surface area contributed by atoms with Crippen molar-refractivity contribution in [2.75, 3.05) is 13.2 Å². The van der Waals surface area contributed by atoms with Gasteiger partial charge in [-0.05, 0) is 62.1 Å². The first kappa shape index (κ1) is 22.2. The van der Waals surface area contributed by atoms with Crippen molar-refractivity contribution >= 4 is 23.7 Å². The van der Waals surface area contributed by atoms with Crippen LogP contribution in [0.1, 0.15) is 53.3 Å². The number of hydrogen-bond acceptors (Lipinski definition) is 4. The molecular weight excluding hydrogens is 378 g/mol. The standard InChI is InChI=1S/C22H31NO2S.ClH/c1-15-11-16(2)22(17(3)12-15)25-14-19(24)13-23-21(18-7-4-5-8-18)20-9-6-10-26-20;/h6,9-12,18-19,21,23-24H,4-5,7-8,13-14H2,1-3H3;1H. The van der Waals surface area contributed by atoms with E-state index in [2.05, 4.69) is 55.7 Å². The molecule has 1 saturated carbocycles. The normalized spacial score (nSPS) is 16.7. The molecule has 2 unspecified atom stereocenters. The summed E-state index contributed by atoms with van der Waals surface area (Å²) in [5.74, 6) is 1.59. The van der Waals surface area contributed by atoms with E-state index in [-0.39, 0.29) is 12.4 Å². The highest BCUT2D eigenvalue weighted by Gasteiger charge is 2.27. The van der Waals surface area contributed by atoms with Crippen LogP contribution in [-0.2, 0) is 0 Å². The third-order valence-corrected chi connectivity index (χ3v) is 6.27. The van der Waals surface area contributed by atoms with Crippen molar-refractivity contribution in [3.8, 4) is 5.75 Å². The minimum Gasteiger partial charge on any atom is -0.490 e. The van der Waals surface area contributed by atoms with Gasteiger partial charge in [0.2, 0.25) is 0 Å². The molecule has 2 atom stereocenters. The second kappa shape index (κ2) is 10.5. The molecule has 1 aliphatic rings. The molecule has 1 fully saturated rings. The summed E-state index contributed by atoms with van der Waals surface area (Å²) < 4.78 is 5.95. The van der Waals surface area contributed by atoms with Gasteiger partial charge in [0, 0.05) is 17.5 Å². The molecule has 0 radical (unpaired) electrons. The number of halogens is 1. The second-order valence-electron chi connectivity index (χ2n) is 7.64. The number of ether oxygens (including phenoxy) is 1. The maximum atomic E-state index is 10.5. The number of thiophene rings is 1. The quantitative estimate of drug-likeness (QED) is 0.616. The fourth-order valence-electron chi connectivity index (χ4n) is 4.15. The molecule has 0 aliphatic heterocycles. The van der Waals surface area contributed by atoms with Gasteiger partial charge in [-0.1, -0.05) is 36.6 Å². The minimum atomic E-state index is -0.515. The number of aliphatic hydroxyl groups is 1. The first-order valence-electron chi connectivity index (χ1n) is 9.70. The Kier molecular flexibility index (Phi) is 8.62. The van der Waals surface area contributed by atoms with Crippen LogP contribution in [0.15, 0.2) is 29.6 Å². The van der Waals surface area contributed by atoms with Crippen LogP contribution in [0.5, 0.6) is 5.75 Å². The van der Waals surface area contributed by atoms with Crippen LogP contribution in [0.2, 0.25) is 0 Å². The number of nitrogens with one attached hydrogen (secondary N) is 1. The molecule has 2 N–H and O–H groups in total. The van der Waals surface area contributed by atoms with Crippen LogP contribution in [0.4, 0.5) is 0 Å². The Morgan fingerprint density at radius 3 is 2.44 bits per heavy atom. The molecule has 0 amide bonds. The van der Waals surface area contributed by atoms with Gasteiger partial charge in [0.1, 0.15) is 18.5 Å². The highest BCUT2D eigenvalue weighted by Crippen LogP contribution is 2.37. The molecule has 0 spiro atoms. The lowest BCUT2D eigenvalue weighted by atomic mass is 9.96. The van der Waals surface area contributed by atoms with Gasteiger partial charge in [-0.3, -0.25) is 0 Å². The van der Waals surface area contributed by atoms with Crippen molar-refractivity contribution in [1.29, 1.82) is 0 Å². The van der Waals surface area contributed by atoms with Gasteiger partial charge in [-0.2, -0.15) is 0 Å². The topological polar surface area (TPSA) is 41.5 Å². The van der Waals surface area contributed by atoms with Gasteiger partial charge < -0.3 is 15.2 Å². The van der Waals surface area contributed by atoms with E-state index < -0.39 is 6.10 Å². The highest BCUT2D eigenvalue weighted by atomic mass is 35.5. The second-order valence-corrected chi connectivity index (χ2v) is 8.62. The molecule has 1 aliphatic carbocycles. The molecule has 0 saturated heterocycles. The Balaban J connectivity index is 0.00000261. The average Bonchev–Trinajstić information content (AvgIpc) is 3.28. The summed E-state index contributed by atoms with van der Waals surface area (Å²) in [7, 11) is 0. The third kappa shape index (κ3) is 5.95. The molecular formula is C22H32ClNO2S. The minimum absolute atomic E-state index is 0. The van der Waals surface area contributed by atoms with Crippen LogP contribution < -0.4 is 10.1 Å². The van der Waals surface area contributed by atoms with Crippen molar-refractivity contribution in [3.05, 3.63) is 51.2 Å². The van der Waals surface area contributed by atoms with E-state index in [1.54, 1.807) is 0 Å².